The van der Waals surface area contributed by atoms with Gasteiger partial charge in [-0.3, -0.25) is 0 Å². The van der Waals surface area contributed by atoms with Gasteiger partial charge in [-0.2, -0.15) is 0 Å². The van der Waals surface area contributed by atoms with Crippen LogP contribution in [-0.2, 0) is 0 Å². The summed E-state index contributed by atoms with van der Waals surface area (Å²) in [4.78, 5) is 0. The van der Waals surface area contributed by atoms with Crippen LogP contribution in [0.1, 0.15) is 16.7 Å². The third-order valence-corrected chi connectivity index (χ3v) is 2.92. The average molecular weight is 288 g/mol. The Labute approximate surface area is 134 Å². The highest BCUT2D eigenvalue weighted by molar-refractivity contribution is 5.45. The van der Waals surface area contributed by atoms with Gasteiger partial charge in [-0.15, -0.1) is 0 Å². The molecule has 0 amide bonds. The quantitative estimate of drug-likeness (QED) is 0.491. The lowest BCUT2D eigenvalue weighted by Crippen LogP contribution is -1.63. The Morgan fingerprint density at radius 2 is 0.864 bits per heavy atom. The fourth-order valence-corrected chi connectivity index (χ4v) is 1.66. The summed E-state index contributed by atoms with van der Waals surface area (Å²) in [7, 11) is 0. The zero-order valence-corrected chi connectivity index (χ0v) is 13.4. The Morgan fingerprint density at radius 1 is 0.545 bits per heavy atom. The van der Waals surface area contributed by atoms with Gasteiger partial charge in [-0.25, -0.2) is 0 Å². The van der Waals surface area contributed by atoms with E-state index in [-0.39, 0.29) is 0 Å². The Kier molecular flexibility index (Phi) is 8.81. The Bertz CT molecular complexity index is 572. The lowest BCUT2D eigenvalue weighted by Gasteiger charge is -1.85. The third-order valence-electron chi connectivity index (χ3n) is 2.92. The van der Waals surface area contributed by atoms with E-state index in [9.17, 15) is 0 Å². The monoisotopic (exact) mass is 288 g/mol. The van der Waals surface area contributed by atoms with Crippen LogP contribution < -0.4 is 0 Å². The third kappa shape index (κ3) is 8.55. The molecule has 0 saturated heterocycles. The van der Waals surface area contributed by atoms with E-state index >= 15 is 0 Å². The molecule has 3 aromatic rings. The minimum absolute atomic E-state index is 1.17. The number of hydrogen-bond acceptors (Lipinski definition) is 0. The first-order valence-corrected chi connectivity index (χ1v) is 7.43. The molecular formula is C22H24. The minimum atomic E-state index is 1.17. The molecule has 3 rings (SSSR count). The maximum absolute atomic E-state index is 3.63. The summed E-state index contributed by atoms with van der Waals surface area (Å²) in [6.07, 6.45) is 1.83. The van der Waals surface area contributed by atoms with Gasteiger partial charge in [0.25, 0.3) is 0 Å². The van der Waals surface area contributed by atoms with Gasteiger partial charge >= 0.3 is 0 Å². The molecule has 0 heterocycles. The maximum Gasteiger partial charge on any atom is -0.0263 e. The van der Waals surface area contributed by atoms with Crippen LogP contribution in [0.3, 0.4) is 0 Å². The second kappa shape index (κ2) is 11.1. The van der Waals surface area contributed by atoms with Crippen molar-refractivity contribution in [3.05, 3.63) is 114 Å². The van der Waals surface area contributed by atoms with Gasteiger partial charge in [0.2, 0.25) is 0 Å². The van der Waals surface area contributed by atoms with E-state index in [0.29, 0.717) is 0 Å². The SMILES string of the molecule is C=Cc1ccccc1.Cc1ccccc1.Cc1ccccc1. The highest BCUT2D eigenvalue weighted by Gasteiger charge is 1.76. The van der Waals surface area contributed by atoms with Crippen molar-refractivity contribution in [1.29, 1.82) is 0 Å². The summed E-state index contributed by atoms with van der Waals surface area (Å²) in [5.41, 5.74) is 3.82. The maximum atomic E-state index is 3.63. The van der Waals surface area contributed by atoms with Crippen LogP contribution in [0.4, 0.5) is 0 Å². The van der Waals surface area contributed by atoms with Crippen molar-refractivity contribution in [3.8, 4) is 0 Å². The predicted octanol–water partition coefficient (Wildman–Crippen LogP) is 6.32. The lowest BCUT2D eigenvalue weighted by atomic mass is 10.2. The van der Waals surface area contributed by atoms with E-state index in [4.69, 9.17) is 0 Å². The van der Waals surface area contributed by atoms with Crippen molar-refractivity contribution < 1.29 is 0 Å². The number of aryl methyl sites for hydroxylation is 2. The van der Waals surface area contributed by atoms with E-state index in [1.165, 1.54) is 16.7 Å². The fourth-order valence-electron chi connectivity index (χ4n) is 1.66. The standard InChI is InChI=1S/C8H8.2C7H8/c1-2-8-6-4-3-5-7-8;2*1-7-5-3-2-4-6-7/h2-7H,1H2;2*2-6H,1H3. The molecule has 0 bridgehead atoms. The minimum Gasteiger partial charge on any atom is -0.0985 e. The van der Waals surface area contributed by atoms with Crippen LogP contribution in [-0.4, -0.2) is 0 Å². The first-order chi connectivity index (χ1) is 10.7. The molecule has 0 fully saturated rings. The summed E-state index contributed by atoms with van der Waals surface area (Å²) in [5, 5.41) is 0. The average Bonchev–Trinajstić information content (AvgIpc) is 2.58. The van der Waals surface area contributed by atoms with Crippen LogP contribution in [0, 0.1) is 13.8 Å². The molecule has 0 N–H and O–H groups in total. The van der Waals surface area contributed by atoms with E-state index < -0.39 is 0 Å². The molecule has 22 heavy (non-hydrogen) atoms. The largest absolute Gasteiger partial charge is 0.0985 e. The first kappa shape index (κ1) is 17.5. The van der Waals surface area contributed by atoms with Gasteiger partial charge in [0.1, 0.15) is 0 Å². The predicted molar refractivity (Wildman–Crippen MR) is 98.9 cm³/mol. The molecule has 0 heteroatoms. The van der Waals surface area contributed by atoms with Gasteiger partial charge in [0, 0.05) is 0 Å². The normalized spacial score (nSPS) is 8.64. The molecule has 0 saturated carbocycles. The van der Waals surface area contributed by atoms with Crippen molar-refractivity contribution in [2.24, 2.45) is 0 Å². The van der Waals surface area contributed by atoms with Gasteiger partial charge in [-0.1, -0.05) is 115 Å². The number of rotatable bonds is 1. The molecule has 0 nitrogen and oxygen atoms in total. The number of hydrogen-bond donors (Lipinski definition) is 0. The summed E-state index contributed by atoms with van der Waals surface area (Å²) < 4.78 is 0. The number of benzene rings is 3. The van der Waals surface area contributed by atoms with Crippen LogP contribution >= 0.6 is 0 Å². The zero-order chi connectivity index (χ0) is 16.0. The topological polar surface area (TPSA) is 0 Å². The van der Waals surface area contributed by atoms with Crippen molar-refractivity contribution in [2.45, 2.75) is 13.8 Å². The second-order valence-electron chi connectivity index (χ2n) is 4.92. The zero-order valence-electron chi connectivity index (χ0n) is 13.4. The summed E-state index contributed by atoms with van der Waals surface area (Å²) >= 11 is 0. The molecule has 0 aliphatic heterocycles. The van der Waals surface area contributed by atoms with Gasteiger partial charge in [0.05, 0.1) is 0 Å². The molecule has 0 aromatic heterocycles. The highest BCUT2D eigenvalue weighted by Crippen LogP contribution is 1.97. The van der Waals surface area contributed by atoms with Crippen LogP contribution in [0.5, 0.6) is 0 Å². The molecule has 3 aromatic carbocycles. The second-order valence-corrected chi connectivity index (χ2v) is 4.92. The van der Waals surface area contributed by atoms with Gasteiger partial charge in [-0.05, 0) is 19.4 Å². The van der Waals surface area contributed by atoms with E-state index in [1.807, 2.05) is 72.8 Å². The summed E-state index contributed by atoms with van der Waals surface area (Å²) in [6.45, 7) is 7.80. The summed E-state index contributed by atoms with van der Waals surface area (Å²) in [5.74, 6) is 0. The molecule has 112 valence electrons. The van der Waals surface area contributed by atoms with Crippen molar-refractivity contribution >= 4 is 6.08 Å². The van der Waals surface area contributed by atoms with Crippen molar-refractivity contribution in [1.82, 2.24) is 0 Å². The van der Waals surface area contributed by atoms with Crippen LogP contribution in [0.15, 0.2) is 97.6 Å². The fraction of sp³-hybridized carbons (Fsp3) is 0.0909. The van der Waals surface area contributed by atoms with Crippen LogP contribution in [0.25, 0.3) is 6.08 Å². The smallest absolute Gasteiger partial charge is 0.0263 e. The van der Waals surface area contributed by atoms with Gasteiger partial charge < -0.3 is 0 Å². The lowest BCUT2D eigenvalue weighted by molar-refractivity contribution is 1.48. The van der Waals surface area contributed by atoms with E-state index in [0.717, 1.165) is 0 Å². The molecule has 0 radical (unpaired) electrons. The molecule has 0 spiro atoms. The molecule has 0 atom stereocenters. The van der Waals surface area contributed by atoms with Gasteiger partial charge in [0.15, 0.2) is 0 Å². The highest BCUT2D eigenvalue weighted by atomic mass is 13.8. The Morgan fingerprint density at radius 3 is 1.05 bits per heavy atom. The molecule has 0 aliphatic carbocycles. The Hall–Kier alpha value is -2.60. The van der Waals surface area contributed by atoms with E-state index in [2.05, 4.69) is 44.7 Å². The van der Waals surface area contributed by atoms with E-state index in [1.54, 1.807) is 0 Å². The molecule has 0 unspecified atom stereocenters. The van der Waals surface area contributed by atoms with Crippen LogP contribution in [0.2, 0.25) is 0 Å². The molecular weight excluding hydrogens is 264 g/mol. The Balaban J connectivity index is 0.000000166. The van der Waals surface area contributed by atoms with Crippen molar-refractivity contribution in [3.63, 3.8) is 0 Å². The first-order valence-electron chi connectivity index (χ1n) is 7.43. The molecule has 0 aliphatic rings. The van der Waals surface area contributed by atoms with Crippen molar-refractivity contribution in [2.75, 3.05) is 0 Å². The summed E-state index contributed by atoms with van der Waals surface area (Å²) in [6, 6.07) is 30.6.